The van der Waals surface area contributed by atoms with Crippen LogP contribution in [0.15, 0.2) is 48.5 Å². The van der Waals surface area contributed by atoms with Crippen molar-refractivity contribution in [2.75, 3.05) is 18.4 Å². The Morgan fingerprint density at radius 2 is 1.48 bits per heavy atom. The zero-order chi connectivity index (χ0) is 19.8. The van der Waals surface area contributed by atoms with Crippen LogP contribution >= 0.6 is 11.6 Å². The highest BCUT2D eigenvalue weighted by molar-refractivity contribution is 6.30. The molecule has 2 aromatic carbocycles. The zero-order valence-electron chi connectivity index (χ0n) is 15.2. The predicted octanol–water partition coefficient (Wildman–Crippen LogP) is 3.09. The fourth-order valence-corrected chi connectivity index (χ4v) is 2.37. The van der Waals surface area contributed by atoms with E-state index >= 15 is 0 Å². The number of nitrogens with one attached hydrogen (secondary N) is 3. The molecule has 0 aliphatic rings. The third-order valence-corrected chi connectivity index (χ3v) is 3.96. The van der Waals surface area contributed by atoms with E-state index in [1.54, 1.807) is 48.5 Å². The summed E-state index contributed by atoms with van der Waals surface area (Å²) in [4.78, 5) is 35.7. The van der Waals surface area contributed by atoms with Crippen LogP contribution in [0.3, 0.4) is 0 Å². The summed E-state index contributed by atoms with van der Waals surface area (Å²) in [5, 5.41) is 8.70. The lowest BCUT2D eigenvalue weighted by atomic mass is 10.1. The number of hydrogen-bond acceptors (Lipinski definition) is 3. The number of anilines is 1. The van der Waals surface area contributed by atoms with Crippen molar-refractivity contribution in [3.63, 3.8) is 0 Å². The Morgan fingerprint density at radius 3 is 2.04 bits per heavy atom. The summed E-state index contributed by atoms with van der Waals surface area (Å²) in [6.07, 6.45) is 0. The van der Waals surface area contributed by atoms with Crippen molar-refractivity contribution >= 4 is 35.0 Å². The molecule has 0 aliphatic carbocycles. The van der Waals surface area contributed by atoms with Gasteiger partial charge in [0.15, 0.2) is 0 Å². The molecule has 0 heterocycles. The van der Waals surface area contributed by atoms with Gasteiger partial charge in [-0.25, -0.2) is 0 Å². The highest BCUT2D eigenvalue weighted by Gasteiger charge is 2.09. The van der Waals surface area contributed by atoms with E-state index in [2.05, 4.69) is 16.0 Å². The minimum Gasteiger partial charge on any atom is -0.350 e. The van der Waals surface area contributed by atoms with E-state index in [4.69, 9.17) is 11.6 Å². The van der Waals surface area contributed by atoms with Gasteiger partial charge >= 0.3 is 0 Å². The topological polar surface area (TPSA) is 87.3 Å². The number of halogens is 1. The van der Waals surface area contributed by atoms with Gasteiger partial charge in [-0.3, -0.25) is 14.4 Å². The molecule has 0 radical (unpaired) electrons. The molecule has 7 heteroatoms. The maximum absolute atomic E-state index is 12.1. The lowest BCUT2D eigenvalue weighted by molar-refractivity contribution is -0.118. The fourth-order valence-electron chi connectivity index (χ4n) is 2.18. The average molecular weight is 388 g/mol. The van der Waals surface area contributed by atoms with E-state index in [1.165, 1.54) is 0 Å². The summed E-state index contributed by atoms with van der Waals surface area (Å²) >= 11 is 5.85. The molecule has 3 N–H and O–H groups in total. The van der Waals surface area contributed by atoms with Crippen molar-refractivity contribution in [1.82, 2.24) is 10.6 Å². The molecular weight excluding hydrogens is 366 g/mol. The second-order valence-corrected chi connectivity index (χ2v) is 6.68. The maximum atomic E-state index is 12.1. The Kier molecular flexibility index (Phi) is 7.37. The van der Waals surface area contributed by atoms with Crippen LogP contribution in [0.1, 0.15) is 34.6 Å². The maximum Gasteiger partial charge on any atom is 0.251 e. The molecule has 0 bridgehead atoms. The molecule has 27 heavy (non-hydrogen) atoms. The van der Waals surface area contributed by atoms with Crippen LogP contribution in [0.5, 0.6) is 0 Å². The van der Waals surface area contributed by atoms with E-state index in [1.807, 2.05) is 13.8 Å². The van der Waals surface area contributed by atoms with Gasteiger partial charge in [-0.1, -0.05) is 31.5 Å². The number of rotatable bonds is 7. The molecule has 0 spiro atoms. The van der Waals surface area contributed by atoms with Gasteiger partial charge in [0.1, 0.15) is 0 Å². The van der Waals surface area contributed by atoms with Gasteiger partial charge in [0, 0.05) is 40.8 Å². The summed E-state index contributed by atoms with van der Waals surface area (Å²) in [7, 11) is 0. The number of amides is 3. The molecule has 0 aliphatic heterocycles. The minimum atomic E-state index is -0.256. The molecule has 0 fully saturated rings. The standard InChI is InChI=1S/C20H22ClN3O3/c1-13(2)18(25)24-17-8-6-14(7-9-17)19(26)22-10-11-23-20(27)15-4-3-5-16(21)12-15/h3-9,12-13H,10-11H2,1-2H3,(H,22,26)(H,23,27)(H,24,25). The van der Waals surface area contributed by atoms with E-state index in [9.17, 15) is 14.4 Å². The smallest absolute Gasteiger partial charge is 0.251 e. The molecule has 0 unspecified atom stereocenters. The van der Waals surface area contributed by atoms with Crippen molar-refractivity contribution in [2.24, 2.45) is 5.92 Å². The molecule has 142 valence electrons. The summed E-state index contributed by atoms with van der Waals surface area (Å²) in [6, 6.07) is 13.3. The van der Waals surface area contributed by atoms with E-state index in [0.29, 0.717) is 28.4 Å². The Hall–Kier alpha value is -2.86. The predicted molar refractivity (Wildman–Crippen MR) is 106 cm³/mol. The lowest BCUT2D eigenvalue weighted by Gasteiger charge is -2.09. The highest BCUT2D eigenvalue weighted by Crippen LogP contribution is 2.11. The third-order valence-electron chi connectivity index (χ3n) is 3.72. The van der Waals surface area contributed by atoms with Crippen LogP contribution in [0.2, 0.25) is 5.02 Å². The normalized spacial score (nSPS) is 10.4. The van der Waals surface area contributed by atoms with Gasteiger partial charge in [-0.2, -0.15) is 0 Å². The highest BCUT2D eigenvalue weighted by atomic mass is 35.5. The summed E-state index contributed by atoms with van der Waals surface area (Å²) < 4.78 is 0. The van der Waals surface area contributed by atoms with Crippen molar-refractivity contribution in [3.8, 4) is 0 Å². The van der Waals surface area contributed by atoms with E-state index in [-0.39, 0.29) is 30.2 Å². The number of hydrogen-bond donors (Lipinski definition) is 3. The summed E-state index contributed by atoms with van der Waals surface area (Å²) in [5.74, 6) is -0.705. The summed E-state index contributed by atoms with van der Waals surface area (Å²) in [6.45, 7) is 4.20. The average Bonchev–Trinajstić information content (AvgIpc) is 2.65. The molecule has 0 saturated carbocycles. The lowest BCUT2D eigenvalue weighted by Crippen LogP contribution is -2.34. The Balaban J connectivity index is 1.77. The Bertz CT molecular complexity index is 819. The first-order chi connectivity index (χ1) is 12.9. The van der Waals surface area contributed by atoms with E-state index in [0.717, 1.165) is 0 Å². The van der Waals surface area contributed by atoms with Gasteiger partial charge in [0.25, 0.3) is 11.8 Å². The molecule has 0 aromatic heterocycles. The van der Waals surface area contributed by atoms with Crippen molar-refractivity contribution in [3.05, 3.63) is 64.7 Å². The Morgan fingerprint density at radius 1 is 0.889 bits per heavy atom. The SMILES string of the molecule is CC(C)C(=O)Nc1ccc(C(=O)NCCNC(=O)c2cccc(Cl)c2)cc1. The van der Waals surface area contributed by atoms with Crippen LogP contribution in [-0.4, -0.2) is 30.8 Å². The molecule has 2 aromatic rings. The second kappa shape index (κ2) is 9.73. The second-order valence-electron chi connectivity index (χ2n) is 6.24. The number of carbonyl (C=O) groups is 3. The van der Waals surface area contributed by atoms with Crippen LogP contribution in [0, 0.1) is 5.92 Å². The van der Waals surface area contributed by atoms with Crippen molar-refractivity contribution in [1.29, 1.82) is 0 Å². The van der Waals surface area contributed by atoms with Crippen LogP contribution in [0.25, 0.3) is 0 Å². The van der Waals surface area contributed by atoms with Crippen LogP contribution < -0.4 is 16.0 Å². The zero-order valence-corrected chi connectivity index (χ0v) is 16.0. The first-order valence-electron chi connectivity index (χ1n) is 8.59. The number of carbonyl (C=O) groups excluding carboxylic acids is 3. The van der Waals surface area contributed by atoms with Gasteiger partial charge in [0.05, 0.1) is 0 Å². The fraction of sp³-hybridized carbons (Fsp3) is 0.250. The number of benzene rings is 2. The Labute approximate surface area is 163 Å². The molecule has 2 rings (SSSR count). The first kappa shape index (κ1) is 20.5. The van der Waals surface area contributed by atoms with Gasteiger partial charge in [-0.05, 0) is 42.5 Å². The molecule has 3 amide bonds. The monoisotopic (exact) mass is 387 g/mol. The quantitative estimate of drug-likeness (QED) is 0.638. The van der Waals surface area contributed by atoms with Crippen molar-refractivity contribution in [2.45, 2.75) is 13.8 Å². The van der Waals surface area contributed by atoms with Gasteiger partial charge < -0.3 is 16.0 Å². The third kappa shape index (κ3) is 6.42. The minimum absolute atomic E-state index is 0.0809. The van der Waals surface area contributed by atoms with E-state index < -0.39 is 0 Å². The van der Waals surface area contributed by atoms with Crippen LogP contribution in [-0.2, 0) is 4.79 Å². The molecule has 0 atom stereocenters. The molecule has 0 saturated heterocycles. The largest absolute Gasteiger partial charge is 0.350 e. The van der Waals surface area contributed by atoms with Gasteiger partial charge in [0.2, 0.25) is 5.91 Å². The summed E-state index contributed by atoms with van der Waals surface area (Å²) in [5.41, 5.74) is 1.57. The van der Waals surface area contributed by atoms with Crippen molar-refractivity contribution < 1.29 is 14.4 Å². The van der Waals surface area contributed by atoms with Gasteiger partial charge in [-0.15, -0.1) is 0 Å². The van der Waals surface area contributed by atoms with Crippen LogP contribution in [0.4, 0.5) is 5.69 Å². The first-order valence-corrected chi connectivity index (χ1v) is 8.97. The molecule has 6 nitrogen and oxygen atoms in total. The molecular formula is C20H22ClN3O3.